The molecule has 0 rings (SSSR count). The van der Waals surface area contributed by atoms with Crippen molar-refractivity contribution in [2.75, 3.05) is 45.9 Å². The highest BCUT2D eigenvalue weighted by Crippen LogP contribution is 2.14. The van der Waals surface area contributed by atoms with Crippen LogP contribution < -0.4 is 5.32 Å². The number of halogens is 3. The van der Waals surface area contributed by atoms with E-state index < -0.39 is 12.8 Å². The van der Waals surface area contributed by atoms with Crippen LogP contribution in [0.1, 0.15) is 26.7 Å². The second-order valence-corrected chi connectivity index (χ2v) is 4.21. The zero-order chi connectivity index (χ0) is 13.9. The molecule has 0 spiro atoms. The third kappa shape index (κ3) is 12.1. The second kappa shape index (κ2) is 10.6. The van der Waals surface area contributed by atoms with Crippen molar-refractivity contribution in [1.29, 1.82) is 0 Å². The molecule has 0 amide bonds. The molecule has 0 bridgehead atoms. The van der Waals surface area contributed by atoms with Gasteiger partial charge in [0.2, 0.25) is 0 Å². The molecule has 3 nitrogen and oxygen atoms in total. The molecule has 110 valence electrons. The van der Waals surface area contributed by atoms with Crippen LogP contribution in [0.2, 0.25) is 0 Å². The van der Waals surface area contributed by atoms with Gasteiger partial charge in [-0.15, -0.1) is 0 Å². The molecule has 0 aliphatic heterocycles. The minimum atomic E-state index is -4.21. The average Bonchev–Trinajstić information content (AvgIpc) is 2.29. The van der Waals surface area contributed by atoms with Gasteiger partial charge < -0.3 is 15.0 Å². The van der Waals surface area contributed by atoms with E-state index in [-0.39, 0.29) is 6.61 Å². The molecule has 0 aromatic carbocycles. The lowest BCUT2D eigenvalue weighted by atomic mass is 10.4. The molecule has 0 saturated carbocycles. The van der Waals surface area contributed by atoms with Gasteiger partial charge in [0, 0.05) is 19.7 Å². The summed E-state index contributed by atoms with van der Waals surface area (Å²) in [5, 5.41) is 3.20. The van der Waals surface area contributed by atoms with Crippen molar-refractivity contribution in [2.45, 2.75) is 32.9 Å². The van der Waals surface area contributed by atoms with Crippen molar-refractivity contribution in [3.63, 3.8) is 0 Å². The van der Waals surface area contributed by atoms with Crippen molar-refractivity contribution in [3.8, 4) is 0 Å². The summed E-state index contributed by atoms with van der Waals surface area (Å²) in [7, 11) is 0. The fourth-order valence-corrected chi connectivity index (χ4v) is 1.59. The van der Waals surface area contributed by atoms with Gasteiger partial charge in [0.05, 0.1) is 0 Å². The monoisotopic (exact) mass is 270 g/mol. The number of likely N-dealkylation sites (N-methyl/N-ethyl adjacent to an activating group) is 1. The molecular formula is C12H25F3N2O. The summed E-state index contributed by atoms with van der Waals surface area (Å²) in [4.78, 5) is 2.34. The molecule has 0 fully saturated rings. The van der Waals surface area contributed by atoms with Crippen LogP contribution in [0.5, 0.6) is 0 Å². The highest BCUT2D eigenvalue weighted by atomic mass is 19.4. The molecular weight excluding hydrogens is 245 g/mol. The number of hydrogen-bond donors (Lipinski definition) is 1. The Kier molecular flexibility index (Phi) is 10.4. The van der Waals surface area contributed by atoms with Crippen LogP contribution in [0.4, 0.5) is 13.2 Å². The van der Waals surface area contributed by atoms with Gasteiger partial charge in [-0.2, -0.15) is 13.2 Å². The molecule has 0 radical (unpaired) electrons. The van der Waals surface area contributed by atoms with Crippen molar-refractivity contribution >= 4 is 0 Å². The SMILES string of the molecule is CCCN(CC)CCNCCCOCC(F)(F)F. The van der Waals surface area contributed by atoms with Crippen LogP contribution in [0.3, 0.4) is 0 Å². The van der Waals surface area contributed by atoms with Gasteiger partial charge in [-0.25, -0.2) is 0 Å². The number of rotatable bonds is 11. The quantitative estimate of drug-likeness (QED) is 0.583. The van der Waals surface area contributed by atoms with E-state index in [9.17, 15) is 13.2 Å². The largest absolute Gasteiger partial charge is 0.411 e. The maximum atomic E-state index is 11.7. The first-order valence-corrected chi connectivity index (χ1v) is 6.57. The highest BCUT2D eigenvalue weighted by molar-refractivity contribution is 4.57. The Morgan fingerprint density at radius 1 is 1.11 bits per heavy atom. The van der Waals surface area contributed by atoms with Gasteiger partial charge in [0.25, 0.3) is 0 Å². The Morgan fingerprint density at radius 3 is 2.39 bits per heavy atom. The number of ether oxygens (including phenoxy) is 1. The van der Waals surface area contributed by atoms with E-state index in [2.05, 4.69) is 28.8 Å². The van der Waals surface area contributed by atoms with Crippen LogP contribution in [-0.2, 0) is 4.74 Å². The maximum absolute atomic E-state index is 11.7. The molecule has 0 aromatic rings. The lowest BCUT2D eigenvalue weighted by molar-refractivity contribution is -0.173. The smallest absolute Gasteiger partial charge is 0.372 e. The van der Waals surface area contributed by atoms with Crippen molar-refractivity contribution < 1.29 is 17.9 Å². The first-order valence-electron chi connectivity index (χ1n) is 6.57. The van der Waals surface area contributed by atoms with Crippen molar-refractivity contribution in [3.05, 3.63) is 0 Å². The number of nitrogens with one attached hydrogen (secondary N) is 1. The Labute approximate surface area is 108 Å². The van der Waals surface area contributed by atoms with E-state index in [0.29, 0.717) is 13.0 Å². The predicted octanol–water partition coefficient (Wildman–Crippen LogP) is 2.28. The summed E-state index contributed by atoms with van der Waals surface area (Å²) < 4.78 is 39.7. The predicted molar refractivity (Wildman–Crippen MR) is 66.8 cm³/mol. The topological polar surface area (TPSA) is 24.5 Å². The van der Waals surface area contributed by atoms with Gasteiger partial charge in [-0.3, -0.25) is 0 Å². The van der Waals surface area contributed by atoms with Gasteiger partial charge in [-0.1, -0.05) is 13.8 Å². The zero-order valence-corrected chi connectivity index (χ0v) is 11.4. The van der Waals surface area contributed by atoms with E-state index >= 15 is 0 Å². The van der Waals surface area contributed by atoms with Crippen LogP contribution in [0.15, 0.2) is 0 Å². The maximum Gasteiger partial charge on any atom is 0.411 e. The first-order chi connectivity index (χ1) is 8.49. The van der Waals surface area contributed by atoms with E-state index in [1.54, 1.807) is 0 Å². The van der Waals surface area contributed by atoms with Crippen LogP contribution in [-0.4, -0.2) is 57.0 Å². The molecule has 1 N–H and O–H groups in total. The molecule has 0 aliphatic carbocycles. The fraction of sp³-hybridized carbons (Fsp3) is 1.00. The van der Waals surface area contributed by atoms with Crippen LogP contribution in [0.25, 0.3) is 0 Å². The van der Waals surface area contributed by atoms with Crippen molar-refractivity contribution in [2.24, 2.45) is 0 Å². The molecule has 0 aromatic heterocycles. The minimum Gasteiger partial charge on any atom is -0.372 e. The van der Waals surface area contributed by atoms with Crippen LogP contribution >= 0.6 is 0 Å². The molecule has 18 heavy (non-hydrogen) atoms. The van der Waals surface area contributed by atoms with E-state index in [1.807, 2.05) is 0 Å². The van der Waals surface area contributed by atoms with Gasteiger partial charge in [0.15, 0.2) is 0 Å². The van der Waals surface area contributed by atoms with E-state index in [1.165, 1.54) is 0 Å². The molecule has 0 unspecified atom stereocenters. The summed E-state index contributed by atoms with van der Waals surface area (Å²) >= 11 is 0. The zero-order valence-electron chi connectivity index (χ0n) is 11.4. The third-order valence-electron chi connectivity index (χ3n) is 2.50. The molecule has 0 saturated heterocycles. The standard InChI is InChI=1S/C12H25F3N2O/c1-3-8-17(4-2)9-7-16-6-5-10-18-11-12(13,14)15/h16H,3-11H2,1-2H3. The number of hydrogen-bond acceptors (Lipinski definition) is 3. The lowest BCUT2D eigenvalue weighted by Crippen LogP contribution is -2.33. The number of nitrogens with zero attached hydrogens (tertiary/aromatic N) is 1. The Bertz CT molecular complexity index is 189. The fourth-order valence-electron chi connectivity index (χ4n) is 1.59. The summed E-state index contributed by atoms with van der Waals surface area (Å²) in [5.41, 5.74) is 0. The van der Waals surface area contributed by atoms with Gasteiger partial charge >= 0.3 is 6.18 Å². The summed E-state index contributed by atoms with van der Waals surface area (Å²) in [6, 6.07) is 0. The minimum absolute atomic E-state index is 0.152. The van der Waals surface area contributed by atoms with E-state index in [4.69, 9.17) is 0 Å². The lowest BCUT2D eigenvalue weighted by Gasteiger charge is -2.19. The molecule has 0 aliphatic rings. The summed E-state index contributed by atoms with van der Waals surface area (Å²) in [6.07, 6.45) is -2.47. The van der Waals surface area contributed by atoms with Gasteiger partial charge in [-0.05, 0) is 32.5 Å². The average molecular weight is 270 g/mol. The molecule has 0 heterocycles. The molecule has 6 heteroatoms. The van der Waals surface area contributed by atoms with Gasteiger partial charge in [0.1, 0.15) is 6.61 Å². The molecule has 0 atom stereocenters. The Balaban J connectivity index is 3.25. The van der Waals surface area contributed by atoms with Crippen LogP contribution in [0, 0.1) is 0 Å². The highest BCUT2D eigenvalue weighted by Gasteiger charge is 2.27. The van der Waals surface area contributed by atoms with Crippen molar-refractivity contribution in [1.82, 2.24) is 10.2 Å². The second-order valence-electron chi connectivity index (χ2n) is 4.21. The Morgan fingerprint density at radius 2 is 1.83 bits per heavy atom. The summed E-state index contributed by atoms with van der Waals surface area (Å²) in [5.74, 6) is 0. The summed E-state index contributed by atoms with van der Waals surface area (Å²) in [6.45, 7) is 7.94. The third-order valence-corrected chi connectivity index (χ3v) is 2.50. The first kappa shape index (κ1) is 17.7. The Hall–Kier alpha value is -0.330. The normalized spacial score (nSPS) is 12.3. The van der Waals surface area contributed by atoms with E-state index in [0.717, 1.165) is 32.6 Å². The number of alkyl halides is 3.